The molecule has 0 rings (SSSR count). The highest BCUT2D eigenvalue weighted by Crippen LogP contribution is 2.01. The van der Waals surface area contributed by atoms with Gasteiger partial charge in [-0.2, -0.15) is 5.48 Å². The second-order valence-electron chi connectivity index (χ2n) is 4.53. The first-order chi connectivity index (χ1) is 9.01. The highest BCUT2D eigenvalue weighted by molar-refractivity contribution is 5.93. The molecule has 5 nitrogen and oxygen atoms in total. The molecule has 0 bridgehead atoms. The average molecular weight is 271 g/mol. The van der Waals surface area contributed by atoms with E-state index in [0.29, 0.717) is 6.42 Å². The van der Waals surface area contributed by atoms with Gasteiger partial charge in [-0.05, 0) is 25.8 Å². The molecular formula is C14H25NO4. The Morgan fingerprint density at radius 3 is 2.58 bits per heavy atom. The summed E-state index contributed by atoms with van der Waals surface area (Å²) in [6.45, 7) is 5.60. The van der Waals surface area contributed by atoms with E-state index in [1.807, 2.05) is 13.0 Å². The van der Waals surface area contributed by atoms with E-state index in [1.165, 1.54) is 6.08 Å². The molecule has 0 amide bonds. The number of rotatable bonds is 11. The number of hydrogen-bond acceptors (Lipinski definition) is 4. The molecule has 0 aromatic rings. The monoisotopic (exact) mass is 271 g/mol. The van der Waals surface area contributed by atoms with Crippen molar-refractivity contribution in [1.82, 2.24) is 5.48 Å². The first-order valence-corrected chi connectivity index (χ1v) is 6.84. The van der Waals surface area contributed by atoms with E-state index in [9.17, 15) is 9.59 Å². The van der Waals surface area contributed by atoms with Crippen LogP contribution in [0.15, 0.2) is 12.2 Å². The van der Waals surface area contributed by atoms with Crippen molar-refractivity contribution in [3.8, 4) is 0 Å². The number of carboxylic acid groups (broad SMARTS) is 1. The van der Waals surface area contributed by atoms with Gasteiger partial charge < -0.3 is 5.11 Å². The van der Waals surface area contributed by atoms with Crippen molar-refractivity contribution >= 4 is 11.8 Å². The maximum atomic E-state index is 11.7. The van der Waals surface area contributed by atoms with Crippen molar-refractivity contribution in [3.05, 3.63) is 12.2 Å². The Bertz CT molecular complexity index is 302. The van der Waals surface area contributed by atoms with Crippen molar-refractivity contribution < 1.29 is 19.5 Å². The topological polar surface area (TPSA) is 75.6 Å². The number of nitrogens with one attached hydrogen (secondary N) is 1. The number of carbonyl (C=O) groups is 2. The van der Waals surface area contributed by atoms with E-state index in [4.69, 9.17) is 9.94 Å². The molecule has 0 saturated heterocycles. The number of hydroxylamine groups is 1. The Kier molecular flexibility index (Phi) is 10.0. The van der Waals surface area contributed by atoms with Crippen LogP contribution < -0.4 is 5.48 Å². The van der Waals surface area contributed by atoms with Gasteiger partial charge in [0.15, 0.2) is 5.78 Å². The van der Waals surface area contributed by atoms with Gasteiger partial charge in [0.25, 0.3) is 0 Å². The summed E-state index contributed by atoms with van der Waals surface area (Å²) in [6, 6.07) is -0.281. The zero-order valence-electron chi connectivity index (χ0n) is 12.0. The molecule has 0 radical (unpaired) electrons. The number of aliphatic carboxylic acids is 1. The summed E-state index contributed by atoms with van der Waals surface area (Å²) < 4.78 is 0. The van der Waals surface area contributed by atoms with Gasteiger partial charge in [-0.15, -0.1) is 0 Å². The number of unbranched alkanes of at least 4 members (excludes halogenated alkanes) is 2. The minimum Gasteiger partial charge on any atom is -0.481 e. The predicted octanol–water partition coefficient (Wildman–Crippen LogP) is 2.46. The fourth-order valence-corrected chi connectivity index (χ4v) is 1.39. The first kappa shape index (κ1) is 17.8. The quantitative estimate of drug-likeness (QED) is 0.343. The summed E-state index contributed by atoms with van der Waals surface area (Å²) >= 11 is 0. The van der Waals surface area contributed by atoms with Gasteiger partial charge in [0.05, 0.1) is 6.42 Å². The van der Waals surface area contributed by atoms with Gasteiger partial charge >= 0.3 is 5.97 Å². The van der Waals surface area contributed by atoms with Crippen LogP contribution in [0.3, 0.4) is 0 Å². The van der Waals surface area contributed by atoms with E-state index < -0.39 is 12.1 Å². The lowest BCUT2D eigenvalue weighted by molar-refractivity contribution is -0.140. The SMILES string of the molecule is CCCCC=CC(=O)C(C)ONC(CC)CC(=O)O. The van der Waals surface area contributed by atoms with E-state index in [0.717, 1.165) is 19.3 Å². The molecule has 2 N–H and O–H groups in total. The Balaban J connectivity index is 4.00. The number of allylic oxidation sites excluding steroid dienone is 1. The fourth-order valence-electron chi connectivity index (χ4n) is 1.39. The molecule has 0 aliphatic carbocycles. The van der Waals surface area contributed by atoms with Gasteiger partial charge in [-0.25, -0.2) is 0 Å². The summed E-state index contributed by atoms with van der Waals surface area (Å²) in [7, 11) is 0. The number of ketones is 1. The van der Waals surface area contributed by atoms with Gasteiger partial charge in [-0.1, -0.05) is 32.8 Å². The van der Waals surface area contributed by atoms with E-state index in [2.05, 4.69) is 12.4 Å². The minimum absolute atomic E-state index is 0.0241. The van der Waals surface area contributed by atoms with Gasteiger partial charge in [0.1, 0.15) is 6.10 Å². The lowest BCUT2D eigenvalue weighted by Gasteiger charge is -2.17. The van der Waals surface area contributed by atoms with Crippen molar-refractivity contribution in [2.24, 2.45) is 0 Å². The van der Waals surface area contributed by atoms with Crippen LogP contribution in [-0.2, 0) is 14.4 Å². The van der Waals surface area contributed by atoms with Gasteiger partial charge in [0, 0.05) is 6.04 Å². The molecule has 19 heavy (non-hydrogen) atoms. The van der Waals surface area contributed by atoms with Crippen LogP contribution in [-0.4, -0.2) is 29.0 Å². The summed E-state index contributed by atoms with van der Waals surface area (Å²) in [5, 5.41) is 8.68. The molecule has 110 valence electrons. The second kappa shape index (κ2) is 10.7. The van der Waals surface area contributed by atoms with Crippen LogP contribution in [0.4, 0.5) is 0 Å². The van der Waals surface area contributed by atoms with Crippen LogP contribution in [0.1, 0.15) is 52.9 Å². The van der Waals surface area contributed by atoms with Crippen LogP contribution in [0, 0.1) is 0 Å². The summed E-state index contributed by atoms with van der Waals surface area (Å²) in [4.78, 5) is 27.4. The maximum absolute atomic E-state index is 11.7. The van der Waals surface area contributed by atoms with Gasteiger partial charge in [0.2, 0.25) is 0 Å². The highest BCUT2D eigenvalue weighted by atomic mass is 16.7. The minimum atomic E-state index is -0.888. The lowest BCUT2D eigenvalue weighted by atomic mass is 10.2. The second-order valence-corrected chi connectivity index (χ2v) is 4.53. The molecule has 0 aliphatic rings. The molecule has 0 aromatic carbocycles. The van der Waals surface area contributed by atoms with Crippen LogP contribution >= 0.6 is 0 Å². The smallest absolute Gasteiger partial charge is 0.305 e. The first-order valence-electron chi connectivity index (χ1n) is 6.84. The van der Waals surface area contributed by atoms with Crippen LogP contribution in [0.2, 0.25) is 0 Å². The van der Waals surface area contributed by atoms with Gasteiger partial charge in [-0.3, -0.25) is 14.4 Å². The molecule has 0 fully saturated rings. The zero-order valence-corrected chi connectivity index (χ0v) is 12.0. The van der Waals surface area contributed by atoms with Crippen molar-refractivity contribution in [1.29, 1.82) is 0 Å². The third-order valence-corrected chi connectivity index (χ3v) is 2.73. The van der Waals surface area contributed by atoms with E-state index >= 15 is 0 Å². The third-order valence-electron chi connectivity index (χ3n) is 2.73. The number of carboxylic acids is 1. The van der Waals surface area contributed by atoms with E-state index in [-0.39, 0.29) is 18.2 Å². The molecule has 2 unspecified atom stereocenters. The van der Waals surface area contributed by atoms with Crippen molar-refractivity contribution in [2.75, 3.05) is 0 Å². The summed E-state index contributed by atoms with van der Waals surface area (Å²) in [5.41, 5.74) is 2.65. The molecule has 0 saturated carbocycles. The Morgan fingerprint density at radius 2 is 2.05 bits per heavy atom. The predicted molar refractivity (Wildman–Crippen MR) is 73.7 cm³/mol. The normalized spacial score (nSPS) is 14.5. The molecule has 0 aliphatic heterocycles. The molecule has 5 heteroatoms. The zero-order chi connectivity index (χ0) is 14.7. The molecular weight excluding hydrogens is 246 g/mol. The molecule has 0 spiro atoms. The molecule has 0 heterocycles. The Morgan fingerprint density at radius 1 is 1.37 bits per heavy atom. The highest BCUT2D eigenvalue weighted by Gasteiger charge is 2.15. The average Bonchev–Trinajstić information content (AvgIpc) is 2.38. The summed E-state index contributed by atoms with van der Waals surface area (Å²) in [6.07, 6.45) is 6.41. The standard InChI is InChI=1S/C14H25NO4/c1-4-6-7-8-9-13(16)11(3)19-15-12(5-2)10-14(17)18/h8-9,11-12,15H,4-7,10H2,1-3H3,(H,17,18). The van der Waals surface area contributed by atoms with Crippen molar-refractivity contribution in [3.63, 3.8) is 0 Å². The third kappa shape index (κ3) is 9.39. The van der Waals surface area contributed by atoms with E-state index in [1.54, 1.807) is 6.92 Å². The number of hydrogen-bond donors (Lipinski definition) is 2. The van der Waals surface area contributed by atoms with Crippen LogP contribution in [0.5, 0.6) is 0 Å². The van der Waals surface area contributed by atoms with Crippen molar-refractivity contribution in [2.45, 2.75) is 65.0 Å². The number of carbonyl (C=O) groups excluding carboxylic acids is 1. The lowest BCUT2D eigenvalue weighted by Crippen LogP contribution is -2.36. The Labute approximate surface area is 115 Å². The Hall–Kier alpha value is -1.20. The fraction of sp³-hybridized carbons (Fsp3) is 0.714. The maximum Gasteiger partial charge on any atom is 0.305 e. The largest absolute Gasteiger partial charge is 0.481 e. The summed E-state index contributed by atoms with van der Waals surface area (Å²) in [5.74, 6) is -1.00. The molecule has 2 atom stereocenters. The molecule has 0 aromatic heterocycles. The van der Waals surface area contributed by atoms with Crippen LogP contribution in [0.25, 0.3) is 0 Å².